The summed E-state index contributed by atoms with van der Waals surface area (Å²) in [4.78, 5) is 16.1. The zero-order valence-electron chi connectivity index (χ0n) is 11.4. The van der Waals surface area contributed by atoms with Crippen molar-refractivity contribution in [1.29, 1.82) is 0 Å². The van der Waals surface area contributed by atoms with Crippen molar-refractivity contribution < 1.29 is 9.53 Å². The lowest BCUT2D eigenvalue weighted by Crippen LogP contribution is -2.37. The molecule has 2 aliphatic rings. The Morgan fingerprint density at radius 3 is 2.95 bits per heavy atom. The first kappa shape index (κ1) is 12.7. The van der Waals surface area contributed by atoms with Crippen molar-refractivity contribution >= 4 is 5.91 Å². The molecule has 1 atom stereocenters. The highest BCUT2D eigenvalue weighted by molar-refractivity contribution is 5.92. The molecule has 1 N–H and O–H groups in total. The molecular weight excluding hydrogens is 242 g/mol. The highest BCUT2D eigenvalue weighted by Crippen LogP contribution is 2.39. The monoisotopic (exact) mass is 263 g/mol. The molecule has 3 rings (SSSR count). The third kappa shape index (κ3) is 2.66. The predicted molar refractivity (Wildman–Crippen MR) is 70.8 cm³/mol. The summed E-state index contributed by atoms with van der Waals surface area (Å²) in [6, 6.07) is 0.132. The van der Waals surface area contributed by atoms with Crippen molar-refractivity contribution in [3.05, 3.63) is 18.2 Å². The molecule has 19 heavy (non-hydrogen) atoms. The summed E-state index contributed by atoms with van der Waals surface area (Å²) in [6.45, 7) is 0.637. The third-order valence-corrected chi connectivity index (χ3v) is 4.25. The van der Waals surface area contributed by atoms with Gasteiger partial charge in [0.1, 0.15) is 5.69 Å². The lowest BCUT2D eigenvalue weighted by Gasteiger charge is -2.32. The Morgan fingerprint density at radius 1 is 1.47 bits per heavy atom. The molecule has 1 spiro atoms. The number of ether oxygens (including phenoxy) is 1. The van der Waals surface area contributed by atoms with Gasteiger partial charge in [-0.05, 0) is 19.3 Å². The zero-order valence-corrected chi connectivity index (χ0v) is 11.4. The smallest absolute Gasteiger partial charge is 0.271 e. The van der Waals surface area contributed by atoms with Gasteiger partial charge in [0, 0.05) is 13.2 Å². The van der Waals surface area contributed by atoms with Gasteiger partial charge in [0.15, 0.2) is 0 Å². The summed E-state index contributed by atoms with van der Waals surface area (Å²) in [5.41, 5.74) is 0.521. The van der Waals surface area contributed by atoms with Gasteiger partial charge in [0.05, 0.1) is 24.6 Å². The summed E-state index contributed by atoms with van der Waals surface area (Å²) in [5, 5.41) is 3.04. The quantitative estimate of drug-likeness (QED) is 0.882. The molecule has 0 aromatic carbocycles. The van der Waals surface area contributed by atoms with Crippen LogP contribution in [0.1, 0.15) is 49.0 Å². The molecule has 104 valence electrons. The molecule has 1 saturated carbocycles. The number of hydrogen-bond donors (Lipinski definition) is 1. The number of nitrogens with zero attached hydrogens (tertiary/aromatic N) is 2. The van der Waals surface area contributed by atoms with E-state index in [1.165, 1.54) is 19.3 Å². The molecule has 5 nitrogen and oxygen atoms in total. The van der Waals surface area contributed by atoms with Gasteiger partial charge in [-0.1, -0.05) is 19.3 Å². The number of amides is 1. The fourth-order valence-corrected chi connectivity index (χ4v) is 3.27. The molecular formula is C14H21N3O2. The number of rotatable bonds is 2. The maximum atomic E-state index is 12.0. The van der Waals surface area contributed by atoms with Crippen LogP contribution in [-0.2, 0) is 11.8 Å². The second kappa shape index (κ2) is 4.96. The fourth-order valence-electron chi connectivity index (χ4n) is 3.27. The Morgan fingerprint density at radius 2 is 2.26 bits per heavy atom. The first-order valence-corrected chi connectivity index (χ1v) is 7.10. The Labute approximate surface area is 113 Å². The number of aryl methyl sites for hydroxylation is 1. The Bertz CT molecular complexity index is 463. The lowest BCUT2D eigenvalue weighted by atomic mass is 9.82. The average Bonchev–Trinajstić information content (AvgIpc) is 2.98. The minimum Gasteiger partial charge on any atom is -0.373 e. The van der Waals surface area contributed by atoms with E-state index in [1.807, 2.05) is 7.05 Å². The van der Waals surface area contributed by atoms with Gasteiger partial charge in [0.25, 0.3) is 5.91 Å². The van der Waals surface area contributed by atoms with Crippen LogP contribution in [0.3, 0.4) is 0 Å². The first-order valence-electron chi connectivity index (χ1n) is 7.10. The van der Waals surface area contributed by atoms with Crippen molar-refractivity contribution in [2.24, 2.45) is 7.05 Å². The van der Waals surface area contributed by atoms with E-state index in [4.69, 9.17) is 4.74 Å². The SMILES string of the molecule is Cn1cnc(C(=O)NC2COC3(CCCCC3)C2)c1. The van der Waals surface area contributed by atoms with Crippen molar-refractivity contribution in [1.82, 2.24) is 14.9 Å². The second-order valence-corrected chi connectivity index (χ2v) is 5.85. The maximum absolute atomic E-state index is 12.0. The zero-order chi connectivity index (χ0) is 13.3. The van der Waals surface area contributed by atoms with Gasteiger partial charge in [-0.25, -0.2) is 4.98 Å². The molecule has 2 heterocycles. The third-order valence-electron chi connectivity index (χ3n) is 4.25. The fraction of sp³-hybridized carbons (Fsp3) is 0.714. The molecule has 1 aliphatic carbocycles. The molecule has 1 aliphatic heterocycles. The van der Waals surface area contributed by atoms with E-state index < -0.39 is 0 Å². The van der Waals surface area contributed by atoms with Crippen LogP contribution in [-0.4, -0.2) is 33.7 Å². The standard InChI is InChI=1S/C14H21N3O2/c1-17-8-12(15-10-17)13(18)16-11-7-14(19-9-11)5-3-2-4-6-14/h8,10-11H,2-7,9H2,1H3,(H,16,18). The van der Waals surface area contributed by atoms with E-state index in [0.29, 0.717) is 12.3 Å². The van der Waals surface area contributed by atoms with Crippen molar-refractivity contribution in [2.75, 3.05) is 6.61 Å². The van der Waals surface area contributed by atoms with E-state index in [9.17, 15) is 4.79 Å². The van der Waals surface area contributed by atoms with Gasteiger partial charge in [-0.3, -0.25) is 4.79 Å². The van der Waals surface area contributed by atoms with Crippen molar-refractivity contribution in [3.8, 4) is 0 Å². The molecule has 0 radical (unpaired) electrons. The number of nitrogens with one attached hydrogen (secondary N) is 1. The lowest BCUT2D eigenvalue weighted by molar-refractivity contribution is -0.0246. The van der Waals surface area contributed by atoms with Crippen LogP contribution in [0, 0.1) is 0 Å². The van der Waals surface area contributed by atoms with Crippen molar-refractivity contribution in [3.63, 3.8) is 0 Å². The van der Waals surface area contributed by atoms with Gasteiger partial charge in [-0.2, -0.15) is 0 Å². The van der Waals surface area contributed by atoms with Crippen LogP contribution in [0.4, 0.5) is 0 Å². The number of hydrogen-bond acceptors (Lipinski definition) is 3. The minimum absolute atomic E-state index is 0.0420. The van der Waals surface area contributed by atoms with Crippen LogP contribution in [0.2, 0.25) is 0 Å². The van der Waals surface area contributed by atoms with Crippen molar-refractivity contribution in [2.45, 2.75) is 50.2 Å². The minimum atomic E-state index is -0.0953. The number of imidazole rings is 1. The average molecular weight is 263 g/mol. The van der Waals surface area contributed by atoms with Crippen LogP contribution in [0.5, 0.6) is 0 Å². The summed E-state index contributed by atoms with van der Waals surface area (Å²) < 4.78 is 7.78. The Balaban J connectivity index is 1.58. The van der Waals surface area contributed by atoms with Gasteiger partial charge in [0.2, 0.25) is 0 Å². The molecule has 1 saturated heterocycles. The summed E-state index contributed by atoms with van der Waals surface area (Å²) in [5.74, 6) is -0.0953. The summed E-state index contributed by atoms with van der Waals surface area (Å²) in [7, 11) is 1.86. The van der Waals surface area contributed by atoms with E-state index >= 15 is 0 Å². The van der Waals surface area contributed by atoms with Crippen LogP contribution in [0.25, 0.3) is 0 Å². The van der Waals surface area contributed by atoms with E-state index in [-0.39, 0.29) is 17.6 Å². The van der Waals surface area contributed by atoms with Crippen LogP contribution >= 0.6 is 0 Å². The van der Waals surface area contributed by atoms with Gasteiger partial charge < -0.3 is 14.6 Å². The van der Waals surface area contributed by atoms with E-state index in [1.54, 1.807) is 17.1 Å². The highest BCUT2D eigenvalue weighted by Gasteiger charge is 2.41. The highest BCUT2D eigenvalue weighted by atomic mass is 16.5. The molecule has 0 bridgehead atoms. The number of aromatic nitrogens is 2. The molecule has 5 heteroatoms. The maximum Gasteiger partial charge on any atom is 0.271 e. The molecule has 1 aromatic heterocycles. The van der Waals surface area contributed by atoms with Gasteiger partial charge in [-0.15, -0.1) is 0 Å². The van der Waals surface area contributed by atoms with Crippen LogP contribution < -0.4 is 5.32 Å². The topological polar surface area (TPSA) is 56.2 Å². The number of carbonyl (C=O) groups excluding carboxylic acids is 1. The normalized spacial score (nSPS) is 25.6. The van der Waals surface area contributed by atoms with E-state index in [0.717, 1.165) is 19.3 Å². The van der Waals surface area contributed by atoms with Gasteiger partial charge >= 0.3 is 0 Å². The Kier molecular flexibility index (Phi) is 3.31. The van der Waals surface area contributed by atoms with Crippen LogP contribution in [0.15, 0.2) is 12.5 Å². The molecule has 2 fully saturated rings. The summed E-state index contributed by atoms with van der Waals surface area (Å²) in [6.07, 6.45) is 10.4. The number of carbonyl (C=O) groups is 1. The second-order valence-electron chi connectivity index (χ2n) is 5.85. The largest absolute Gasteiger partial charge is 0.373 e. The molecule has 1 unspecified atom stereocenters. The summed E-state index contributed by atoms with van der Waals surface area (Å²) >= 11 is 0. The molecule has 1 aromatic rings. The molecule has 1 amide bonds. The van der Waals surface area contributed by atoms with E-state index in [2.05, 4.69) is 10.3 Å². The predicted octanol–water partition coefficient (Wildman–Crippen LogP) is 1.64. The Hall–Kier alpha value is -1.36. The first-order chi connectivity index (χ1) is 9.17.